The van der Waals surface area contributed by atoms with Crippen LogP contribution in [0.3, 0.4) is 0 Å². The van der Waals surface area contributed by atoms with E-state index in [-0.39, 0.29) is 11.3 Å². The minimum absolute atomic E-state index is 0.0416. The number of alkyl halides is 3. The van der Waals surface area contributed by atoms with Crippen LogP contribution >= 0.6 is 0 Å². The minimum atomic E-state index is -5.08. The molecule has 1 saturated carbocycles. The molecule has 1 aliphatic carbocycles. The van der Waals surface area contributed by atoms with E-state index < -0.39 is 12.1 Å². The third kappa shape index (κ3) is 5.31. The molecule has 0 bridgehead atoms. The highest BCUT2D eigenvalue weighted by Crippen LogP contribution is 2.45. The first-order valence-electron chi connectivity index (χ1n) is 9.84. The molecular weight excluding hydrogens is 407 g/mol. The number of carboxylic acids is 1. The fourth-order valence-corrected chi connectivity index (χ4v) is 4.40. The lowest BCUT2D eigenvalue weighted by Crippen LogP contribution is -2.38. The van der Waals surface area contributed by atoms with E-state index in [4.69, 9.17) is 19.2 Å². The number of nitrogens with zero attached hydrogens (tertiary/aromatic N) is 3. The summed E-state index contributed by atoms with van der Waals surface area (Å²) in [6.07, 6.45) is 1.70. The molecule has 0 unspecified atom stereocenters. The molecule has 1 aromatic heterocycles. The third-order valence-corrected chi connectivity index (χ3v) is 6.06. The van der Waals surface area contributed by atoms with Crippen LogP contribution in [0.1, 0.15) is 29.6 Å². The SMILES string of the molecule is COC[C@H]1CN(CC2CC2)C[C@@]12CCN(C(=O)c1cnoc1)C2.O=C(O)C(F)(F)F. The van der Waals surface area contributed by atoms with Crippen molar-refractivity contribution < 1.29 is 37.1 Å². The van der Waals surface area contributed by atoms with E-state index in [1.54, 1.807) is 7.11 Å². The fraction of sp³-hybridized carbons (Fsp3) is 0.737. The first kappa shape index (κ1) is 22.5. The highest BCUT2D eigenvalue weighted by atomic mass is 19.4. The smallest absolute Gasteiger partial charge is 0.475 e. The second-order valence-electron chi connectivity index (χ2n) is 8.34. The number of ether oxygens (including phenoxy) is 1. The van der Waals surface area contributed by atoms with Gasteiger partial charge in [0.2, 0.25) is 0 Å². The number of halogens is 3. The van der Waals surface area contributed by atoms with Gasteiger partial charge >= 0.3 is 12.1 Å². The molecule has 168 valence electrons. The summed E-state index contributed by atoms with van der Waals surface area (Å²) in [5, 5.41) is 10.8. The number of amides is 1. The normalized spacial score (nSPS) is 26.7. The molecule has 1 spiro atoms. The predicted octanol–water partition coefficient (Wildman–Crippen LogP) is 2.13. The Bertz CT molecular complexity index is 738. The number of methoxy groups -OCH3 is 1. The molecule has 4 rings (SSSR count). The van der Waals surface area contributed by atoms with Gasteiger partial charge in [-0.15, -0.1) is 0 Å². The van der Waals surface area contributed by atoms with Gasteiger partial charge in [-0.05, 0) is 25.2 Å². The van der Waals surface area contributed by atoms with E-state index in [0.717, 1.165) is 45.1 Å². The third-order valence-electron chi connectivity index (χ3n) is 6.06. The molecular formula is C19H26F3N3O5. The van der Waals surface area contributed by atoms with Crippen LogP contribution in [0.25, 0.3) is 0 Å². The van der Waals surface area contributed by atoms with Gasteiger partial charge in [0.25, 0.3) is 5.91 Å². The lowest BCUT2D eigenvalue weighted by molar-refractivity contribution is -0.192. The van der Waals surface area contributed by atoms with E-state index in [9.17, 15) is 18.0 Å². The molecule has 3 heterocycles. The molecule has 0 radical (unpaired) electrons. The summed E-state index contributed by atoms with van der Waals surface area (Å²) in [6.45, 7) is 5.87. The van der Waals surface area contributed by atoms with Crippen molar-refractivity contribution in [3.8, 4) is 0 Å². The molecule has 8 nitrogen and oxygen atoms in total. The number of aromatic nitrogens is 1. The van der Waals surface area contributed by atoms with E-state index in [2.05, 4.69) is 10.1 Å². The number of carboxylic acid groups (broad SMARTS) is 1. The quantitative estimate of drug-likeness (QED) is 0.760. The van der Waals surface area contributed by atoms with Gasteiger partial charge in [0.1, 0.15) is 6.26 Å². The Balaban J connectivity index is 0.000000318. The zero-order valence-electron chi connectivity index (χ0n) is 16.7. The number of carbonyl (C=O) groups is 2. The van der Waals surface area contributed by atoms with Gasteiger partial charge in [-0.2, -0.15) is 13.2 Å². The molecule has 0 aromatic carbocycles. The number of hydrogen-bond donors (Lipinski definition) is 1. The van der Waals surface area contributed by atoms with Gasteiger partial charge in [-0.1, -0.05) is 5.16 Å². The Morgan fingerprint density at radius 3 is 2.60 bits per heavy atom. The number of likely N-dealkylation sites (tertiary alicyclic amines) is 2. The summed E-state index contributed by atoms with van der Waals surface area (Å²) < 4.78 is 42.0. The van der Waals surface area contributed by atoms with Gasteiger partial charge in [-0.3, -0.25) is 4.79 Å². The predicted molar refractivity (Wildman–Crippen MR) is 97.7 cm³/mol. The Hall–Kier alpha value is -2.14. The van der Waals surface area contributed by atoms with Crippen LogP contribution in [-0.2, 0) is 9.53 Å². The maximum atomic E-state index is 12.6. The van der Waals surface area contributed by atoms with Crippen LogP contribution in [0.5, 0.6) is 0 Å². The lowest BCUT2D eigenvalue weighted by atomic mass is 9.77. The van der Waals surface area contributed by atoms with Crippen molar-refractivity contribution in [2.24, 2.45) is 17.3 Å². The summed E-state index contributed by atoms with van der Waals surface area (Å²) in [5.74, 6) is -1.29. The summed E-state index contributed by atoms with van der Waals surface area (Å²) in [6, 6.07) is 0. The van der Waals surface area contributed by atoms with Gasteiger partial charge in [0, 0.05) is 51.2 Å². The number of carbonyl (C=O) groups excluding carboxylic acids is 1. The highest BCUT2D eigenvalue weighted by Gasteiger charge is 2.51. The van der Waals surface area contributed by atoms with Crippen molar-refractivity contribution in [2.75, 3.05) is 46.4 Å². The monoisotopic (exact) mass is 433 g/mol. The van der Waals surface area contributed by atoms with Crippen LogP contribution in [0.2, 0.25) is 0 Å². The summed E-state index contributed by atoms with van der Waals surface area (Å²) in [5.41, 5.74) is 0.746. The van der Waals surface area contributed by atoms with Crippen molar-refractivity contribution in [3.63, 3.8) is 0 Å². The average Bonchev–Trinajstić information content (AvgIpc) is 3.10. The van der Waals surface area contributed by atoms with E-state index in [1.165, 1.54) is 31.8 Å². The largest absolute Gasteiger partial charge is 0.490 e. The van der Waals surface area contributed by atoms with Crippen molar-refractivity contribution in [3.05, 3.63) is 18.0 Å². The number of rotatable bonds is 5. The fourth-order valence-electron chi connectivity index (χ4n) is 4.40. The van der Waals surface area contributed by atoms with Crippen molar-refractivity contribution in [1.82, 2.24) is 15.0 Å². The lowest BCUT2D eigenvalue weighted by Gasteiger charge is -2.30. The molecule has 11 heteroatoms. The van der Waals surface area contributed by atoms with Crippen LogP contribution in [-0.4, -0.2) is 84.6 Å². The Labute approximate surface area is 171 Å². The molecule has 1 N–H and O–H groups in total. The molecule has 2 atom stereocenters. The van der Waals surface area contributed by atoms with E-state index in [1.807, 2.05) is 4.90 Å². The standard InChI is InChI=1S/C17H25N3O3.C2HF3O2/c1-22-10-15-8-19(7-13-2-3-13)11-17(15)4-5-20(12-17)16(21)14-6-18-23-9-14;3-2(4,5)1(6)7/h6,9,13,15H,2-5,7-8,10-12H2,1H3;(H,6,7)/t15-,17-;/m1./s1. The summed E-state index contributed by atoms with van der Waals surface area (Å²) in [7, 11) is 1.78. The maximum absolute atomic E-state index is 12.6. The highest BCUT2D eigenvalue weighted by molar-refractivity contribution is 5.93. The molecule has 3 aliphatic rings. The zero-order chi connectivity index (χ0) is 21.9. The van der Waals surface area contributed by atoms with Gasteiger partial charge in [0.05, 0.1) is 18.4 Å². The van der Waals surface area contributed by atoms with Crippen LogP contribution in [0.15, 0.2) is 17.0 Å². The molecule has 3 fully saturated rings. The Morgan fingerprint density at radius 1 is 1.37 bits per heavy atom. The maximum Gasteiger partial charge on any atom is 0.490 e. The molecule has 30 heavy (non-hydrogen) atoms. The van der Waals surface area contributed by atoms with Gasteiger partial charge in [-0.25, -0.2) is 4.79 Å². The zero-order valence-corrected chi connectivity index (χ0v) is 16.7. The van der Waals surface area contributed by atoms with Crippen LogP contribution < -0.4 is 0 Å². The second kappa shape index (κ2) is 8.93. The van der Waals surface area contributed by atoms with Crippen LogP contribution in [0.4, 0.5) is 13.2 Å². The topological polar surface area (TPSA) is 96.1 Å². The second-order valence-corrected chi connectivity index (χ2v) is 8.34. The van der Waals surface area contributed by atoms with Crippen molar-refractivity contribution in [1.29, 1.82) is 0 Å². The molecule has 1 aromatic rings. The summed E-state index contributed by atoms with van der Waals surface area (Å²) >= 11 is 0. The van der Waals surface area contributed by atoms with Crippen LogP contribution in [0, 0.1) is 17.3 Å². The van der Waals surface area contributed by atoms with Crippen molar-refractivity contribution in [2.45, 2.75) is 25.4 Å². The first-order valence-corrected chi connectivity index (χ1v) is 9.84. The number of aliphatic carboxylic acids is 1. The molecule has 2 saturated heterocycles. The number of hydrogen-bond acceptors (Lipinski definition) is 6. The van der Waals surface area contributed by atoms with E-state index >= 15 is 0 Å². The summed E-state index contributed by atoms with van der Waals surface area (Å²) in [4.78, 5) is 26.0. The minimum Gasteiger partial charge on any atom is -0.475 e. The van der Waals surface area contributed by atoms with Crippen molar-refractivity contribution >= 4 is 11.9 Å². The van der Waals surface area contributed by atoms with E-state index in [0.29, 0.717) is 11.5 Å². The van der Waals surface area contributed by atoms with Gasteiger partial charge in [0.15, 0.2) is 0 Å². The average molecular weight is 433 g/mol. The molecule has 1 amide bonds. The Kier molecular flexibility index (Phi) is 6.71. The molecule has 2 aliphatic heterocycles. The Morgan fingerprint density at radius 2 is 2.07 bits per heavy atom. The van der Waals surface area contributed by atoms with Gasteiger partial charge < -0.3 is 24.2 Å². The first-order chi connectivity index (χ1) is 14.1.